The highest BCUT2D eigenvalue weighted by Crippen LogP contribution is 2.13. The molecule has 0 aliphatic rings. The Labute approximate surface area is 283 Å². The Bertz CT molecular complexity index is 710. The van der Waals surface area contributed by atoms with Crippen molar-refractivity contribution in [1.29, 1.82) is 5.41 Å². The van der Waals surface area contributed by atoms with Gasteiger partial charge in [-0.25, -0.2) is 0 Å². The van der Waals surface area contributed by atoms with E-state index >= 15 is 0 Å². The first-order valence-electron chi connectivity index (χ1n) is 17.9. The number of likely N-dealkylation sites (N-methyl/N-ethyl adjacent to an activating group) is 1. The Balaban J connectivity index is -0.000000483. The van der Waals surface area contributed by atoms with Gasteiger partial charge in [-0.3, -0.25) is 20.0 Å². The number of carbonyl (C=O) groups excluding carboxylic acids is 2. The number of nitrogens with one attached hydrogen (secondary N) is 4. The van der Waals surface area contributed by atoms with Crippen molar-refractivity contribution in [1.82, 2.24) is 16.0 Å². The Morgan fingerprint density at radius 3 is 1.61 bits per heavy atom. The maximum atomic E-state index is 12.0. The van der Waals surface area contributed by atoms with Gasteiger partial charge in [0.2, 0.25) is 11.8 Å². The van der Waals surface area contributed by atoms with Crippen molar-refractivity contribution in [3.05, 3.63) is 12.3 Å². The average Bonchev–Trinajstić information content (AvgIpc) is 3.01. The zero-order chi connectivity index (χ0) is 35.8. The van der Waals surface area contributed by atoms with E-state index in [2.05, 4.69) is 61.0 Å². The molecule has 0 saturated carbocycles. The number of guanidine groups is 1. The number of nitrogens with two attached hydrogens (primary N) is 4. The van der Waals surface area contributed by atoms with Gasteiger partial charge >= 0.3 is 0 Å². The lowest BCUT2D eigenvalue weighted by atomic mass is 10.0. The predicted octanol–water partition coefficient (Wildman–Crippen LogP) is 5.82. The third-order valence-electron chi connectivity index (χ3n) is 6.73. The summed E-state index contributed by atoms with van der Waals surface area (Å²) in [6, 6.07) is -0.310. The molecule has 0 aliphatic heterocycles. The van der Waals surface area contributed by atoms with E-state index in [1.807, 2.05) is 6.92 Å². The molecule has 0 aromatic carbocycles. The summed E-state index contributed by atoms with van der Waals surface area (Å²) >= 11 is 0. The molecule has 12 N–H and O–H groups in total. The number of amides is 2. The van der Waals surface area contributed by atoms with Gasteiger partial charge in [0, 0.05) is 25.7 Å². The van der Waals surface area contributed by atoms with Crippen LogP contribution in [0.4, 0.5) is 0 Å². The Hall–Kier alpha value is -2.82. The molecular weight excluding hydrogens is 578 g/mol. The molecule has 46 heavy (non-hydrogen) atoms. The van der Waals surface area contributed by atoms with E-state index in [1.54, 1.807) is 7.05 Å². The second-order valence-electron chi connectivity index (χ2n) is 11.9. The Kier molecular flexibility index (Phi) is 45.9. The van der Waals surface area contributed by atoms with Crippen molar-refractivity contribution in [3.63, 3.8) is 0 Å². The lowest BCUT2D eigenvalue weighted by Gasteiger charge is -2.21. The first-order valence-corrected chi connectivity index (χ1v) is 17.9. The number of unbranched alkanes of at least 4 members (excludes halogenated alkanes) is 13. The van der Waals surface area contributed by atoms with Gasteiger partial charge in [-0.2, -0.15) is 0 Å². The van der Waals surface area contributed by atoms with Gasteiger partial charge in [0.1, 0.15) is 6.04 Å². The van der Waals surface area contributed by atoms with Crippen molar-refractivity contribution < 1.29 is 9.59 Å². The summed E-state index contributed by atoms with van der Waals surface area (Å²) in [7, 11) is 1.64. The monoisotopic (exact) mass is 656 g/mol. The second kappa shape index (κ2) is 42.2. The molecule has 0 aromatic rings. The van der Waals surface area contributed by atoms with Crippen molar-refractivity contribution in [2.24, 2.45) is 33.8 Å². The lowest BCUT2D eigenvalue weighted by Crippen LogP contribution is -2.44. The van der Waals surface area contributed by atoms with Crippen LogP contribution >= 0.6 is 0 Å². The third-order valence-corrected chi connectivity index (χ3v) is 6.73. The number of rotatable bonds is 25. The third kappa shape index (κ3) is 48.1. The second-order valence-corrected chi connectivity index (χ2v) is 11.9. The average molecular weight is 656 g/mol. The molecular formula is C35H77N9O2. The predicted molar refractivity (Wildman–Crippen MR) is 201 cm³/mol. The number of hydrogen-bond donors (Lipinski definition) is 8. The summed E-state index contributed by atoms with van der Waals surface area (Å²) in [5, 5.41) is 14.6. The fourth-order valence-electron chi connectivity index (χ4n) is 4.22. The normalized spacial score (nSPS) is 10.4. The standard InChI is InChI=1S/C26H51N3O2.C4H11N3.C4H11N.CH4N2/c1-6-7-8-9-10-11-12-13-14-15-16-17-18-19-25(30)28-21-23(4)29-24(20-22(2)3)26(31)27-5;1-2-3-7-4(5)6;1-2-3-4-5;2-1-3/h22,24,29H,4,6-21H2,1-3,5H3,(H,27,31)(H,28,30);2-3H2,1H3,(H4,5,6,7);2-5H2,1H3;1H,(H3,2,3). The van der Waals surface area contributed by atoms with E-state index in [0.29, 0.717) is 24.6 Å². The number of carbonyl (C=O) groups is 2. The van der Waals surface area contributed by atoms with Crippen LogP contribution in [-0.4, -0.2) is 56.8 Å². The summed E-state index contributed by atoms with van der Waals surface area (Å²) in [6.07, 6.45) is 22.4. The summed E-state index contributed by atoms with van der Waals surface area (Å²) in [5.41, 5.74) is 20.2. The molecule has 0 spiro atoms. The number of nitrogens with zero attached hydrogens (tertiary/aromatic N) is 1. The van der Waals surface area contributed by atoms with Crippen molar-refractivity contribution in [2.45, 2.75) is 156 Å². The zero-order valence-corrected chi connectivity index (χ0v) is 30.9. The maximum absolute atomic E-state index is 12.0. The molecule has 0 bridgehead atoms. The van der Waals surface area contributed by atoms with Gasteiger partial charge < -0.3 is 38.9 Å². The van der Waals surface area contributed by atoms with E-state index in [-0.39, 0.29) is 23.8 Å². The van der Waals surface area contributed by atoms with E-state index in [1.165, 1.54) is 83.5 Å². The van der Waals surface area contributed by atoms with Gasteiger partial charge in [-0.05, 0) is 38.1 Å². The van der Waals surface area contributed by atoms with Crippen LogP contribution in [0.1, 0.15) is 150 Å². The molecule has 0 aromatic heterocycles. The molecule has 0 saturated heterocycles. The maximum Gasteiger partial charge on any atom is 0.242 e. The van der Waals surface area contributed by atoms with Gasteiger partial charge in [0.25, 0.3) is 0 Å². The largest absolute Gasteiger partial charge is 0.390 e. The van der Waals surface area contributed by atoms with E-state index in [4.69, 9.17) is 22.6 Å². The fraction of sp³-hybridized carbons (Fsp3) is 0.829. The Morgan fingerprint density at radius 1 is 0.826 bits per heavy atom. The first kappa shape index (κ1) is 50.0. The minimum absolute atomic E-state index is 0.0480. The van der Waals surface area contributed by atoms with Crippen LogP contribution in [0.25, 0.3) is 0 Å². The lowest BCUT2D eigenvalue weighted by molar-refractivity contribution is -0.122. The van der Waals surface area contributed by atoms with Crippen molar-refractivity contribution in [2.75, 3.05) is 26.7 Å². The minimum Gasteiger partial charge on any atom is -0.390 e. The summed E-state index contributed by atoms with van der Waals surface area (Å²) in [5.74, 6) is 0.592. The molecule has 274 valence electrons. The highest BCUT2D eigenvalue weighted by atomic mass is 16.2. The molecule has 2 amide bonds. The first-order chi connectivity index (χ1) is 22.0. The van der Waals surface area contributed by atoms with E-state index < -0.39 is 0 Å². The van der Waals surface area contributed by atoms with E-state index in [9.17, 15) is 9.59 Å². The molecule has 0 rings (SSSR count). The highest BCUT2D eigenvalue weighted by molar-refractivity contribution is 5.81. The molecule has 1 atom stereocenters. The van der Waals surface area contributed by atoms with Crippen molar-refractivity contribution in [3.8, 4) is 0 Å². The molecule has 0 radical (unpaired) electrons. The smallest absolute Gasteiger partial charge is 0.242 e. The molecule has 11 nitrogen and oxygen atoms in total. The van der Waals surface area contributed by atoms with E-state index in [0.717, 1.165) is 45.1 Å². The quantitative estimate of drug-likeness (QED) is 0.0343. The van der Waals surface area contributed by atoms with Crippen LogP contribution in [0.15, 0.2) is 17.3 Å². The van der Waals surface area contributed by atoms with Gasteiger partial charge in [-0.1, -0.05) is 125 Å². The van der Waals surface area contributed by atoms with Crippen molar-refractivity contribution >= 4 is 24.1 Å². The van der Waals surface area contributed by atoms with Gasteiger partial charge in [-0.15, -0.1) is 0 Å². The topological polar surface area (TPSA) is 211 Å². The number of hydrogen-bond acceptors (Lipinski definition) is 6. The Morgan fingerprint density at radius 2 is 1.28 bits per heavy atom. The fourth-order valence-corrected chi connectivity index (χ4v) is 4.22. The van der Waals surface area contributed by atoms with Crippen LogP contribution < -0.4 is 38.9 Å². The molecule has 1 unspecified atom stereocenters. The van der Waals surface area contributed by atoms with Crippen LogP contribution in [0.3, 0.4) is 0 Å². The van der Waals surface area contributed by atoms with Crippen LogP contribution in [0, 0.1) is 11.3 Å². The van der Waals surface area contributed by atoms with Crippen LogP contribution in [0.2, 0.25) is 0 Å². The van der Waals surface area contributed by atoms with Gasteiger partial charge in [0.15, 0.2) is 5.96 Å². The molecule has 0 fully saturated rings. The molecule has 0 heterocycles. The summed E-state index contributed by atoms with van der Waals surface area (Å²) < 4.78 is 0. The zero-order valence-electron chi connectivity index (χ0n) is 30.9. The van der Waals surface area contributed by atoms with Gasteiger partial charge in [0.05, 0.1) is 12.9 Å². The minimum atomic E-state index is -0.310. The SMILES string of the molecule is C=C(CNC(=O)CCCCCCCCCCCCCCC)NC(CC(C)C)C(=O)NC.CCCCN.CCCN=C(N)N.N=CN. The molecule has 0 aliphatic carbocycles. The summed E-state index contributed by atoms with van der Waals surface area (Å²) in [4.78, 5) is 27.7. The highest BCUT2D eigenvalue weighted by Gasteiger charge is 2.18. The molecule has 11 heteroatoms. The van der Waals surface area contributed by atoms with Crippen LogP contribution in [0.5, 0.6) is 0 Å². The van der Waals surface area contributed by atoms with Crippen LogP contribution in [-0.2, 0) is 9.59 Å². The number of aliphatic imine (C=N–C) groups is 1. The summed E-state index contributed by atoms with van der Waals surface area (Å²) in [6.45, 7) is 16.5.